The fourth-order valence-corrected chi connectivity index (χ4v) is 3.07. The van der Waals surface area contributed by atoms with Crippen LogP contribution in [0.5, 0.6) is 0 Å². The van der Waals surface area contributed by atoms with Crippen LogP contribution in [0.1, 0.15) is 85.0 Å². The molecular formula is C17H35NO. The van der Waals surface area contributed by atoms with Crippen molar-refractivity contribution in [1.29, 1.82) is 0 Å². The summed E-state index contributed by atoms with van der Waals surface area (Å²) in [7, 11) is 0. The van der Waals surface area contributed by atoms with Gasteiger partial charge in [0.1, 0.15) is 0 Å². The second-order valence-electron chi connectivity index (χ2n) is 6.20. The average Bonchev–Trinajstić information content (AvgIpc) is 2.93. The van der Waals surface area contributed by atoms with Gasteiger partial charge in [-0.05, 0) is 32.6 Å². The van der Waals surface area contributed by atoms with Crippen LogP contribution in [0.25, 0.3) is 0 Å². The van der Waals surface area contributed by atoms with E-state index in [-0.39, 0.29) is 0 Å². The maximum absolute atomic E-state index is 5.80. The molecule has 2 unspecified atom stereocenters. The molecule has 0 aromatic rings. The fraction of sp³-hybridized carbons (Fsp3) is 1.00. The lowest BCUT2D eigenvalue weighted by Gasteiger charge is -2.27. The Morgan fingerprint density at radius 3 is 2.16 bits per heavy atom. The van der Waals surface area contributed by atoms with Crippen molar-refractivity contribution >= 4 is 0 Å². The Balaban J connectivity index is 2.28. The third kappa shape index (κ3) is 7.31. The van der Waals surface area contributed by atoms with E-state index in [0.29, 0.717) is 18.2 Å². The van der Waals surface area contributed by atoms with E-state index in [9.17, 15) is 0 Å². The predicted molar refractivity (Wildman–Crippen MR) is 83.6 cm³/mol. The minimum atomic E-state index is 0.458. The molecule has 1 rings (SSSR count). The Morgan fingerprint density at radius 1 is 1.05 bits per heavy atom. The zero-order valence-electron chi connectivity index (χ0n) is 13.4. The molecule has 1 saturated heterocycles. The van der Waals surface area contributed by atoms with Gasteiger partial charge >= 0.3 is 0 Å². The van der Waals surface area contributed by atoms with Gasteiger partial charge in [-0.2, -0.15) is 0 Å². The van der Waals surface area contributed by atoms with E-state index in [4.69, 9.17) is 4.74 Å². The monoisotopic (exact) mass is 269 g/mol. The molecule has 0 radical (unpaired) electrons. The lowest BCUT2D eigenvalue weighted by atomic mass is 10.00. The van der Waals surface area contributed by atoms with Gasteiger partial charge in [0.15, 0.2) is 0 Å². The molecule has 19 heavy (non-hydrogen) atoms. The summed E-state index contributed by atoms with van der Waals surface area (Å²) in [6.45, 7) is 7.85. The van der Waals surface area contributed by atoms with Crippen molar-refractivity contribution < 1.29 is 4.74 Å². The normalized spacial score (nSPS) is 21.2. The summed E-state index contributed by atoms with van der Waals surface area (Å²) in [5, 5.41) is 3.85. The zero-order valence-corrected chi connectivity index (χ0v) is 13.4. The highest BCUT2D eigenvalue weighted by Crippen LogP contribution is 2.18. The van der Waals surface area contributed by atoms with Gasteiger partial charge in [0, 0.05) is 18.7 Å². The van der Waals surface area contributed by atoms with Crippen LogP contribution in [0.2, 0.25) is 0 Å². The molecule has 1 fully saturated rings. The third-order valence-corrected chi connectivity index (χ3v) is 4.33. The Labute approximate surface area is 120 Å². The number of nitrogens with one attached hydrogen (secondary N) is 1. The van der Waals surface area contributed by atoms with Crippen molar-refractivity contribution in [3.05, 3.63) is 0 Å². The molecule has 0 spiro atoms. The van der Waals surface area contributed by atoms with Crippen LogP contribution in [0.4, 0.5) is 0 Å². The highest BCUT2D eigenvalue weighted by molar-refractivity contribution is 4.80. The smallest absolute Gasteiger partial charge is 0.0726 e. The van der Waals surface area contributed by atoms with Crippen molar-refractivity contribution in [2.24, 2.45) is 0 Å². The minimum Gasteiger partial charge on any atom is -0.377 e. The maximum atomic E-state index is 5.80. The summed E-state index contributed by atoms with van der Waals surface area (Å²) < 4.78 is 5.80. The first-order valence-electron chi connectivity index (χ1n) is 8.65. The molecule has 0 aromatic carbocycles. The first-order valence-corrected chi connectivity index (χ1v) is 8.65. The fourth-order valence-electron chi connectivity index (χ4n) is 3.07. The molecule has 1 aliphatic rings. The van der Waals surface area contributed by atoms with E-state index in [1.54, 1.807) is 0 Å². The van der Waals surface area contributed by atoms with Crippen molar-refractivity contribution in [1.82, 2.24) is 5.32 Å². The molecule has 2 atom stereocenters. The van der Waals surface area contributed by atoms with Gasteiger partial charge < -0.3 is 10.1 Å². The highest BCUT2D eigenvalue weighted by atomic mass is 16.5. The molecule has 0 saturated carbocycles. The third-order valence-electron chi connectivity index (χ3n) is 4.33. The second-order valence-corrected chi connectivity index (χ2v) is 6.20. The Hall–Kier alpha value is -0.0800. The summed E-state index contributed by atoms with van der Waals surface area (Å²) in [4.78, 5) is 0. The maximum Gasteiger partial charge on any atom is 0.0726 e. The number of rotatable bonds is 11. The summed E-state index contributed by atoms with van der Waals surface area (Å²) in [6.07, 6.45) is 13.8. The second kappa shape index (κ2) is 10.7. The molecular weight excluding hydrogens is 234 g/mol. The van der Waals surface area contributed by atoms with Crippen LogP contribution in [-0.4, -0.2) is 24.8 Å². The van der Waals surface area contributed by atoms with E-state index >= 15 is 0 Å². The quantitative estimate of drug-likeness (QED) is 0.550. The number of hydrogen-bond acceptors (Lipinski definition) is 2. The standard InChI is InChI=1S/C17H35NO/c1-4-6-8-11-16(12-9-7-5-2)18-15(3)17-13-10-14-19-17/h15-18H,4-14H2,1-3H3. The number of unbranched alkanes of at least 4 members (excludes halogenated alkanes) is 4. The predicted octanol–water partition coefficient (Wildman–Crippen LogP) is 4.67. The summed E-state index contributed by atoms with van der Waals surface area (Å²) >= 11 is 0. The largest absolute Gasteiger partial charge is 0.377 e. The van der Waals surface area contributed by atoms with Crippen molar-refractivity contribution in [3.8, 4) is 0 Å². The van der Waals surface area contributed by atoms with E-state index in [2.05, 4.69) is 26.1 Å². The first kappa shape index (κ1) is 17.0. The molecule has 0 amide bonds. The molecule has 114 valence electrons. The van der Waals surface area contributed by atoms with Crippen molar-refractivity contribution in [2.45, 2.75) is 103 Å². The summed E-state index contributed by atoms with van der Waals surface area (Å²) in [5.41, 5.74) is 0. The van der Waals surface area contributed by atoms with Crippen LogP contribution in [0, 0.1) is 0 Å². The Bertz CT molecular complexity index is 191. The molecule has 0 aromatic heterocycles. The lowest BCUT2D eigenvalue weighted by Crippen LogP contribution is -2.43. The summed E-state index contributed by atoms with van der Waals surface area (Å²) in [6, 6.07) is 1.23. The molecule has 0 aliphatic carbocycles. The van der Waals surface area contributed by atoms with Crippen LogP contribution in [0.3, 0.4) is 0 Å². The summed E-state index contributed by atoms with van der Waals surface area (Å²) in [5.74, 6) is 0. The van der Waals surface area contributed by atoms with Gasteiger partial charge in [-0.25, -0.2) is 0 Å². The zero-order chi connectivity index (χ0) is 13.9. The van der Waals surface area contributed by atoms with E-state index in [1.165, 1.54) is 64.2 Å². The molecule has 0 bridgehead atoms. The van der Waals surface area contributed by atoms with E-state index < -0.39 is 0 Å². The highest BCUT2D eigenvalue weighted by Gasteiger charge is 2.24. The van der Waals surface area contributed by atoms with Crippen molar-refractivity contribution in [2.75, 3.05) is 6.61 Å². The van der Waals surface area contributed by atoms with E-state index in [0.717, 1.165) is 6.61 Å². The first-order chi connectivity index (χ1) is 9.27. The van der Waals surface area contributed by atoms with Crippen molar-refractivity contribution in [3.63, 3.8) is 0 Å². The van der Waals surface area contributed by atoms with Crippen LogP contribution in [-0.2, 0) is 4.74 Å². The molecule has 2 heteroatoms. The van der Waals surface area contributed by atoms with Crippen LogP contribution < -0.4 is 5.32 Å². The molecule has 1 aliphatic heterocycles. The lowest BCUT2D eigenvalue weighted by molar-refractivity contribution is 0.0784. The van der Waals surface area contributed by atoms with Gasteiger partial charge in [-0.15, -0.1) is 0 Å². The van der Waals surface area contributed by atoms with Crippen LogP contribution >= 0.6 is 0 Å². The number of ether oxygens (including phenoxy) is 1. The topological polar surface area (TPSA) is 21.3 Å². The van der Waals surface area contributed by atoms with Crippen LogP contribution in [0.15, 0.2) is 0 Å². The minimum absolute atomic E-state index is 0.458. The Kier molecular flexibility index (Phi) is 9.54. The Morgan fingerprint density at radius 2 is 1.68 bits per heavy atom. The molecule has 1 heterocycles. The molecule has 2 nitrogen and oxygen atoms in total. The van der Waals surface area contributed by atoms with Gasteiger partial charge in [-0.3, -0.25) is 0 Å². The van der Waals surface area contributed by atoms with Gasteiger partial charge in [0.2, 0.25) is 0 Å². The van der Waals surface area contributed by atoms with Gasteiger partial charge in [0.05, 0.1) is 6.10 Å². The number of hydrogen-bond donors (Lipinski definition) is 1. The van der Waals surface area contributed by atoms with E-state index in [1.807, 2.05) is 0 Å². The molecule has 1 N–H and O–H groups in total. The SMILES string of the molecule is CCCCCC(CCCCC)NC(C)C1CCCO1. The van der Waals surface area contributed by atoms with Gasteiger partial charge in [0.25, 0.3) is 0 Å². The van der Waals surface area contributed by atoms with Gasteiger partial charge in [-0.1, -0.05) is 52.4 Å². The average molecular weight is 269 g/mol.